The molecule has 0 aliphatic carbocycles. The first kappa shape index (κ1) is 7.92. The fourth-order valence-electron chi connectivity index (χ4n) is 0.539. The Hall–Kier alpha value is -0.0800. The number of nitrogens with one attached hydrogen (secondary N) is 1. The van der Waals surface area contributed by atoms with E-state index in [0.29, 0.717) is 6.61 Å². The van der Waals surface area contributed by atoms with Crippen LogP contribution < -0.4 is 5.32 Å². The molecule has 0 rings (SSSR count). The summed E-state index contributed by atoms with van der Waals surface area (Å²) in [4.78, 5) is 0. The Morgan fingerprint density at radius 3 is 2.50 bits per heavy atom. The minimum Gasteiger partial charge on any atom is -0.396 e. The van der Waals surface area contributed by atoms with Gasteiger partial charge in [-0.1, -0.05) is 0 Å². The zero-order chi connectivity index (χ0) is 6.24. The van der Waals surface area contributed by atoms with Crippen LogP contribution in [0, 0.1) is 7.05 Å². The van der Waals surface area contributed by atoms with Gasteiger partial charge >= 0.3 is 0 Å². The van der Waals surface area contributed by atoms with Crippen LogP contribution in [0.25, 0.3) is 0 Å². The Morgan fingerprint density at radius 2 is 2.00 bits per heavy atom. The summed E-state index contributed by atoms with van der Waals surface area (Å²) in [6, 6.07) is 0. The number of aliphatic hydroxyl groups excluding tert-OH is 1. The SMILES string of the molecule is [CH2]NCCCCCO. The minimum absolute atomic E-state index is 0.317. The first-order chi connectivity index (χ1) is 3.91. The van der Waals surface area contributed by atoms with E-state index in [0.717, 1.165) is 25.8 Å². The monoisotopic (exact) mass is 116 g/mol. The summed E-state index contributed by atoms with van der Waals surface area (Å²) < 4.78 is 0. The minimum atomic E-state index is 0.317. The number of aliphatic hydroxyl groups is 1. The lowest BCUT2D eigenvalue weighted by molar-refractivity contribution is 0.283. The Morgan fingerprint density at radius 1 is 1.25 bits per heavy atom. The molecule has 0 saturated carbocycles. The maximum atomic E-state index is 8.33. The van der Waals surface area contributed by atoms with Crippen molar-refractivity contribution in [3.8, 4) is 0 Å². The van der Waals surface area contributed by atoms with Crippen LogP contribution in [0.4, 0.5) is 0 Å². The van der Waals surface area contributed by atoms with Gasteiger partial charge in [0.05, 0.1) is 0 Å². The molecule has 2 N–H and O–H groups in total. The van der Waals surface area contributed by atoms with E-state index in [-0.39, 0.29) is 0 Å². The van der Waals surface area contributed by atoms with E-state index in [4.69, 9.17) is 5.11 Å². The van der Waals surface area contributed by atoms with E-state index in [1.807, 2.05) is 0 Å². The molecule has 2 heteroatoms. The van der Waals surface area contributed by atoms with Crippen LogP contribution in [0.1, 0.15) is 19.3 Å². The van der Waals surface area contributed by atoms with Gasteiger partial charge in [0.1, 0.15) is 0 Å². The third kappa shape index (κ3) is 5.92. The number of hydrogen-bond donors (Lipinski definition) is 2. The van der Waals surface area contributed by atoms with Crippen molar-refractivity contribution in [2.45, 2.75) is 19.3 Å². The topological polar surface area (TPSA) is 32.3 Å². The summed E-state index contributed by atoms with van der Waals surface area (Å²) >= 11 is 0. The second kappa shape index (κ2) is 6.92. The van der Waals surface area contributed by atoms with E-state index < -0.39 is 0 Å². The van der Waals surface area contributed by atoms with Gasteiger partial charge in [-0.15, -0.1) is 0 Å². The second-order valence-electron chi connectivity index (χ2n) is 1.78. The van der Waals surface area contributed by atoms with E-state index in [9.17, 15) is 0 Å². The van der Waals surface area contributed by atoms with Crippen LogP contribution in [0.2, 0.25) is 0 Å². The average molecular weight is 116 g/mol. The van der Waals surface area contributed by atoms with Crippen molar-refractivity contribution >= 4 is 0 Å². The molecule has 0 saturated heterocycles. The molecule has 0 aromatic heterocycles. The molecule has 0 spiro atoms. The molecule has 8 heavy (non-hydrogen) atoms. The Kier molecular flexibility index (Phi) is 6.85. The number of rotatable bonds is 5. The quantitative estimate of drug-likeness (QED) is 0.513. The van der Waals surface area contributed by atoms with Gasteiger partial charge in [-0.3, -0.25) is 0 Å². The molecule has 1 radical (unpaired) electrons. The van der Waals surface area contributed by atoms with Crippen molar-refractivity contribution < 1.29 is 5.11 Å². The van der Waals surface area contributed by atoms with Crippen LogP contribution in [0.3, 0.4) is 0 Å². The van der Waals surface area contributed by atoms with Crippen molar-refractivity contribution in [2.75, 3.05) is 13.2 Å². The van der Waals surface area contributed by atoms with Crippen LogP contribution in [0.15, 0.2) is 0 Å². The van der Waals surface area contributed by atoms with Crippen LogP contribution >= 0.6 is 0 Å². The van der Waals surface area contributed by atoms with Crippen molar-refractivity contribution in [1.82, 2.24) is 5.32 Å². The Bertz CT molecular complexity index is 33.5. The smallest absolute Gasteiger partial charge is 0.0431 e. The van der Waals surface area contributed by atoms with Crippen molar-refractivity contribution in [1.29, 1.82) is 0 Å². The van der Waals surface area contributed by atoms with Crippen LogP contribution in [0.5, 0.6) is 0 Å². The summed E-state index contributed by atoms with van der Waals surface area (Å²) in [6.45, 7) is 1.27. The molecule has 0 bridgehead atoms. The normalized spacial score (nSPS) is 9.75. The Balaban J connectivity index is 2.53. The fourth-order valence-corrected chi connectivity index (χ4v) is 0.539. The maximum absolute atomic E-state index is 8.33. The fraction of sp³-hybridized carbons (Fsp3) is 0.833. The molecule has 0 aliphatic rings. The lowest BCUT2D eigenvalue weighted by atomic mass is 10.2. The summed E-state index contributed by atoms with van der Waals surface area (Å²) in [5.41, 5.74) is 0. The molecule has 2 nitrogen and oxygen atoms in total. The number of unbranched alkanes of at least 4 members (excludes halogenated alkanes) is 2. The molecule has 0 unspecified atom stereocenters. The van der Waals surface area contributed by atoms with Crippen molar-refractivity contribution in [2.24, 2.45) is 0 Å². The third-order valence-corrected chi connectivity index (χ3v) is 1.01. The molecule has 0 aromatic carbocycles. The lowest BCUT2D eigenvalue weighted by Crippen LogP contribution is -2.04. The molecular weight excluding hydrogens is 102 g/mol. The number of hydrogen-bond acceptors (Lipinski definition) is 2. The highest BCUT2D eigenvalue weighted by atomic mass is 16.2. The maximum Gasteiger partial charge on any atom is 0.0431 e. The van der Waals surface area contributed by atoms with E-state index in [1.54, 1.807) is 0 Å². The summed E-state index contributed by atoms with van der Waals surface area (Å²) in [5.74, 6) is 0. The van der Waals surface area contributed by atoms with E-state index in [2.05, 4.69) is 12.4 Å². The standard InChI is InChI=1S/C6H14NO/c1-7-5-3-2-4-6-8/h7-8H,1-6H2. The zero-order valence-corrected chi connectivity index (χ0v) is 5.19. The van der Waals surface area contributed by atoms with Gasteiger partial charge in [-0.25, -0.2) is 0 Å². The van der Waals surface area contributed by atoms with E-state index >= 15 is 0 Å². The van der Waals surface area contributed by atoms with Crippen LogP contribution in [-0.4, -0.2) is 18.3 Å². The third-order valence-electron chi connectivity index (χ3n) is 1.01. The zero-order valence-electron chi connectivity index (χ0n) is 5.19. The predicted molar refractivity (Wildman–Crippen MR) is 34.3 cm³/mol. The molecule has 0 heterocycles. The molecule has 0 amide bonds. The molecule has 0 atom stereocenters. The van der Waals surface area contributed by atoms with Gasteiger partial charge in [0.15, 0.2) is 0 Å². The van der Waals surface area contributed by atoms with Gasteiger partial charge in [-0.2, -0.15) is 0 Å². The lowest BCUT2D eigenvalue weighted by Gasteiger charge is -1.95. The first-order valence-corrected chi connectivity index (χ1v) is 3.02. The van der Waals surface area contributed by atoms with Crippen molar-refractivity contribution in [3.05, 3.63) is 7.05 Å². The van der Waals surface area contributed by atoms with Gasteiger partial charge in [0.2, 0.25) is 0 Å². The first-order valence-electron chi connectivity index (χ1n) is 3.02. The molecular formula is C6H14NO. The van der Waals surface area contributed by atoms with Gasteiger partial charge in [-0.05, 0) is 25.8 Å². The predicted octanol–water partition coefficient (Wildman–Crippen LogP) is 0.530. The van der Waals surface area contributed by atoms with Gasteiger partial charge < -0.3 is 10.4 Å². The molecule has 49 valence electrons. The van der Waals surface area contributed by atoms with Crippen LogP contribution in [-0.2, 0) is 0 Å². The Labute approximate surface area is 50.9 Å². The summed E-state index contributed by atoms with van der Waals surface area (Å²) in [5, 5.41) is 11.1. The molecule has 0 aliphatic heterocycles. The highest BCUT2D eigenvalue weighted by Crippen LogP contribution is 1.90. The summed E-state index contributed by atoms with van der Waals surface area (Å²) in [7, 11) is 3.47. The van der Waals surface area contributed by atoms with Gasteiger partial charge in [0.25, 0.3) is 0 Å². The molecule has 0 aromatic rings. The van der Waals surface area contributed by atoms with Crippen molar-refractivity contribution in [3.63, 3.8) is 0 Å². The van der Waals surface area contributed by atoms with E-state index in [1.165, 1.54) is 0 Å². The molecule has 0 fully saturated rings. The summed E-state index contributed by atoms with van der Waals surface area (Å²) in [6.07, 6.45) is 3.13. The second-order valence-corrected chi connectivity index (χ2v) is 1.78. The average Bonchev–Trinajstić information content (AvgIpc) is 1.81. The highest BCUT2D eigenvalue weighted by Gasteiger charge is 1.83. The van der Waals surface area contributed by atoms with Gasteiger partial charge in [0, 0.05) is 13.7 Å². The highest BCUT2D eigenvalue weighted by molar-refractivity contribution is 4.44. The largest absolute Gasteiger partial charge is 0.396 e.